The quantitative estimate of drug-likeness (QED) is 0.391. The van der Waals surface area contributed by atoms with Crippen molar-refractivity contribution in [2.45, 2.75) is 13.8 Å². The molecule has 5 heteroatoms. The van der Waals surface area contributed by atoms with Crippen molar-refractivity contribution >= 4 is 50.2 Å². The second-order valence-corrected chi connectivity index (χ2v) is 6.79. The number of hydrogen-bond acceptors (Lipinski definition) is 4. The Morgan fingerprint density at radius 1 is 0.909 bits per heavy atom. The van der Waals surface area contributed by atoms with Crippen LogP contribution in [0.3, 0.4) is 0 Å². The van der Waals surface area contributed by atoms with Crippen molar-refractivity contribution in [1.29, 1.82) is 0 Å². The molecule has 0 amide bonds. The number of para-hydroxylation sites is 1. The Labute approximate surface area is 142 Å². The average molecular weight is 483 g/mol. The SMILES string of the molecule is Cc1n[c]([Bi])nc(-c2c(C)ccc3c2oc2ccccc23)n1. The fraction of sp³-hybridized carbons (Fsp3) is 0.118. The minimum atomic E-state index is 0.701. The van der Waals surface area contributed by atoms with Gasteiger partial charge in [-0.3, -0.25) is 0 Å². The molecule has 0 aliphatic rings. The summed E-state index contributed by atoms with van der Waals surface area (Å²) < 4.78 is 6.94. The second-order valence-electron chi connectivity index (χ2n) is 5.24. The predicted octanol–water partition coefficient (Wildman–Crippen LogP) is 2.85. The number of benzene rings is 2. The molecule has 0 fully saturated rings. The Bertz CT molecular complexity index is 1000. The Hall–Kier alpha value is -1.87. The van der Waals surface area contributed by atoms with Crippen LogP contribution >= 0.6 is 0 Å². The molecular formula is C17H12BiN3O. The van der Waals surface area contributed by atoms with Crippen LogP contribution in [0.5, 0.6) is 0 Å². The van der Waals surface area contributed by atoms with E-state index in [0.29, 0.717) is 5.82 Å². The van der Waals surface area contributed by atoms with E-state index in [9.17, 15) is 0 Å². The standard InChI is InChI=1S/C17H12N3O.Bi/c1-10-7-8-13-12-5-3-4-6-14(12)21-16(13)15(10)17-19-9-18-11(2)20-17;/h3-8H,1-2H3;. The molecule has 2 aromatic heterocycles. The van der Waals surface area contributed by atoms with Gasteiger partial charge in [-0.05, 0) is 0 Å². The van der Waals surface area contributed by atoms with Crippen molar-refractivity contribution in [3.05, 3.63) is 47.8 Å². The molecule has 2 aromatic carbocycles. The summed E-state index contributed by atoms with van der Waals surface area (Å²) in [6.45, 7) is 3.96. The van der Waals surface area contributed by atoms with Crippen LogP contribution in [0, 0.1) is 13.8 Å². The predicted molar refractivity (Wildman–Crippen MR) is 87.4 cm³/mol. The van der Waals surface area contributed by atoms with Gasteiger partial charge in [0.25, 0.3) is 0 Å². The summed E-state index contributed by atoms with van der Waals surface area (Å²) in [7, 11) is 0. The van der Waals surface area contributed by atoms with Crippen LogP contribution in [0.1, 0.15) is 11.4 Å². The zero-order chi connectivity index (χ0) is 15.3. The number of fused-ring (bicyclic) bond motifs is 3. The van der Waals surface area contributed by atoms with Crippen molar-refractivity contribution in [3.8, 4) is 11.4 Å². The Morgan fingerprint density at radius 2 is 1.73 bits per heavy atom. The minimum absolute atomic E-state index is 0.701. The molecule has 22 heavy (non-hydrogen) atoms. The maximum atomic E-state index is 6.11. The summed E-state index contributed by atoms with van der Waals surface area (Å²) in [5, 5.41) is 2.22. The molecule has 4 nitrogen and oxygen atoms in total. The number of hydrogen-bond donors (Lipinski definition) is 0. The summed E-state index contributed by atoms with van der Waals surface area (Å²) in [5.74, 6) is 1.45. The van der Waals surface area contributed by atoms with E-state index in [0.717, 1.165) is 67.1 Å². The van der Waals surface area contributed by atoms with Gasteiger partial charge in [-0.25, -0.2) is 0 Å². The van der Waals surface area contributed by atoms with E-state index < -0.39 is 0 Å². The van der Waals surface area contributed by atoms with Crippen LogP contribution in [-0.2, 0) is 0 Å². The first kappa shape index (κ1) is 13.8. The Kier molecular flexibility index (Phi) is 3.19. The van der Waals surface area contributed by atoms with E-state index in [1.54, 1.807) is 0 Å². The molecule has 0 atom stereocenters. The van der Waals surface area contributed by atoms with Gasteiger partial charge < -0.3 is 0 Å². The molecular weight excluding hydrogens is 471 g/mol. The van der Waals surface area contributed by atoms with E-state index in [-0.39, 0.29) is 0 Å². The number of nitrogens with zero attached hydrogens (tertiary/aromatic N) is 3. The monoisotopic (exact) mass is 483 g/mol. The van der Waals surface area contributed by atoms with E-state index in [1.807, 2.05) is 25.1 Å². The molecule has 0 aliphatic heterocycles. The summed E-state index contributed by atoms with van der Waals surface area (Å²) in [4.78, 5) is 13.4. The molecule has 0 bridgehead atoms. The third-order valence-electron chi connectivity index (χ3n) is 3.71. The molecule has 2 heterocycles. The molecule has 0 saturated heterocycles. The first-order valence-electron chi connectivity index (χ1n) is 6.96. The van der Waals surface area contributed by atoms with E-state index in [1.165, 1.54) is 0 Å². The van der Waals surface area contributed by atoms with Gasteiger partial charge in [0.05, 0.1) is 0 Å². The summed E-state index contributed by atoms with van der Waals surface area (Å²) >= 11 is 1.02. The zero-order valence-electron chi connectivity index (χ0n) is 12.2. The van der Waals surface area contributed by atoms with Crippen LogP contribution < -0.4 is 3.53 Å². The molecule has 106 valence electrons. The maximum absolute atomic E-state index is 6.11. The molecule has 2 radical (unpaired) electrons. The third-order valence-corrected chi connectivity index (χ3v) is 4.49. The topological polar surface area (TPSA) is 51.8 Å². The number of aromatic nitrogens is 3. The van der Waals surface area contributed by atoms with Gasteiger partial charge >= 0.3 is 143 Å². The summed E-state index contributed by atoms with van der Waals surface area (Å²) in [5.41, 5.74) is 3.81. The molecule has 0 aliphatic carbocycles. The molecule has 0 N–H and O–H groups in total. The van der Waals surface area contributed by atoms with Crippen molar-refractivity contribution in [2.24, 2.45) is 0 Å². The van der Waals surface area contributed by atoms with E-state index >= 15 is 0 Å². The fourth-order valence-corrected chi connectivity index (χ4v) is 3.68. The average Bonchev–Trinajstić information content (AvgIpc) is 2.84. The van der Waals surface area contributed by atoms with Gasteiger partial charge in [0.2, 0.25) is 0 Å². The van der Waals surface area contributed by atoms with Crippen LogP contribution in [0.2, 0.25) is 0 Å². The first-order chi connectivity index (χ1) is 10.6. The van der Waals surface area contributed by atoms with Crippen molar-refractivity contribution in [2.75, 3.05) is 0 Å². The fourth-order valence-electron chi connectivity index (χ4n) is 2.74. The summed E-state index contributed by atoms with van der Waals surface area (Å²) in [6.07, 6.45) is 0. The van der Waals surface area contributed by atoms with Crippen molar-refractivity contribution < 1.29 is 4.42 Å². The van der Waals surface area contributed by atoms with E-state index in [2.05, 4.69) is 40.1 Å². The van der Waals surface area contributed by atoms with Gasteiger partial charge in [0, 0.05) is 0 Å². The van der Waals surface area contributed by atoms with Gasteiger partial charge in [0.15, 0.2) is 0 Å². The number of furan rings is 1. The van der Waals surface area contributed by atoms with Crippen molar-refractivity contribution in [1.82, 2.24) is 15.0 Å². The van der Waals surface area contributed by atoms with Gasteiger partial charge in [-0.2, -0.15) is 0 Å². The Balaban J connectivity index is 2.14. The normalized spacial score (nSPS) is 11.4. The zero-order valence-corrected chi connectivity index (χ0v) is 15.6. The third kappa shape index (κ3) is 2.12. The number of aryl methyl sites for hydroxylation is 2. The van der Waals surface area contributed by atoms with Crippen LogP contribution in [0.4, 0.5) is 0 Å². The molecule has 0 spiro atoms. The molecule has 4 aromatic rings. The van der Waals surface area contributed by atoms with Gasteiger partial charge in [0.1, 0.15) is 0 Å². The summed E-state index contributed by atoms with van der Waals surface area (Å²) in [6, 6.07) is 12.3. The van der Waals surface area contributed by atoms with Gasteiger partial charge in [-0.15, -0.1) is 0 Å². The first-order valence-corrected chi connectivity index (χ1v) is 8.70. The molecule has 0 saturated carbocycles. The van der Waals surface area contributed by atoms with Crippen LogP contribution in [0.25, 0.3) is 33.3 Å². The molecule has 0 unspecified atom stereocenters. The molecule has 4 rings (SSSR count). The van der Waals surface area contributed by atoms with E-state index in [4.69, 9.17) is 4.42 Å². The van der Waals surface area contributed by atoms with Crippen LogP contribution in [0.15, 0.2) is 40.8 Å². The second kappa shape index (κ2) is 5.10. The number of rotatable bonds is 1. The van der Waals surface area contributed by atoms with Gasteiger partial charge in [-0.1, -0.05) is 0 Å². The van der Waals surface area contributed by atoms with Crippen molar-refractivity contribution in [3.63, 3.8) is 0 Å². The Morgan fingerprint density at radius 3 is 2.55 bits per heavy atom. The van der Waals surface area contributed by atoms with Crippen LogP contribution in [-0.4, -0.2) is 39.7 Å².